The van der Waals surface area contributed by atoms with Gasteiger partial charge in [-0.1, -0.05) is 6.42 Å². The van der Waals surface area contributed by atoms with Crippen molar-refractivity contribution >= 4 is 30.7 Å². The summed E-state index contributed by atoms with van der Waals surface area (Å²) in [6, 6.07) is 1.47. The minimum absolute atomic E-state index is 0. The first-order valence-electron chi connectivity index (χ1n) is 7.51. The van der Waals surface area contributed by atoms with Crippen LogP contribution in [0.2, 0.25) is 0 Å². The van der Waals surface area contributed by atoms with E-state index in [1.54, 1.807) is 0 Å². The van der Waals surface area contributed by atoms with Crippen LogP contribution in [0, 0.1) is 5.92 Å². The molecule has 0 radical (unpaired) electrons. The highest BCUT2D eigenvalue weighted by atomic mass is 35.5. The molecule has 1 amide bonds. The number of carbonyl (C=O) groups excluding carboxylic acids is 1. The Morgan fingerprint density at radius 1 is 1.15 bits per heavy atom. The average Bonchev–Trinajstić information content (AvgIpc) is 2.97. The molecule has 0 aromatic carbocycles. The molecule has 2 saturated carbocycles. The maximum atomic E-state index is 12.0. The van der Waals surface area contributed by atoms with Gasteiger partial charge in [0, 0.05) is 37.6 Å². The number of amides is 1. The molecule has 4 nitrogen and oxygen atoms in total. The number of nitrogens with one attached hydrogen (secondary N) is 1. The molecule has 0 aromatic rings. The molecule has 1 saturated heterocycles. The lowest BCUT2D eigenvalue weighted by atomic mass is 9.99. The van der Waals surface area contributed by atoms with Crippen LogP contribution in [0.25, 0.3) is 0 Å². The van der Waals surface area contributed by atoms with Gasteiger partial charge in [0.1, 0.15) is 0 Å². The fourth-order valence-corrected chi connectivity index (χ4v) is 3.52. The maximum Gasteiger partial charge on any atom is 0.220 e. The van der Waals surface area contributed by atoms with Gasteiger partial charge in [-0.25, -0.2) is 0 Å². The first-order chi connectivity index (χ1) is 8.72. The summed E-state index contributed by atoms with van der Waals surface area (Å²) in [6.45, 7) is 2.23. The quantitative estimate of drug-likeness (QED) is 0.827. The molecule has 3 fully saturated rings. The molecule has 2 aliphatic carbocycles. The number of hydrogen-bond acceptors (Lipinski definition) is 3. The molecule has 20 heavy (non-hydrogen) atoms. The number of halogens is 2. The second-order valence-electron chi connectivity index (χ2n) is 6.34. The zero-order valence-electron chi connectivity index (χ0n) is 11.9. The van der Waals surface area contributed by atoms with Crippen LogP contribution in [0.5, 0.6) is 0 Å². The van der Waals surface area contributed by atoms with Gasteiger partial charge in [-0.2, -0.15) is 0 Å². The lowest BCUT2D eigenvalue weighted by Gasteiger charge is -2.18. The van der Waals surface area contributed by atoms with E-state index in [1.807, 2.05) is 0 Å². The number of carbonyl (C=O) groups is 1. The lowest BCUT2D eigenvalue weighted by Crippen LogP contribution is -2.39. The Kier molecular flexibility index (Phi) is 7.06. The predicted molar refractivity (Wildman–Crippen MR) is 85.6 cm³/mol. The van der Waals surface area contributed by atoms with Gasteiger partial charge in [0.25, 0.3) is 0 Å². The normalized spacial score (nSPS) is 33.4. The van der Waals surface area contributed by atoms with E-state index < -0.39 is 0 Å². The van der Waals surface area contributed by atoms with Crippen molar-refractivity contribution in [3.63, 3.8) is 0 Å². The SMILES string of the molecule is Cl.Cl.N[C@@H]1CCC[C@H]1CC(=O)NC1CCN(C2CC2)C1. The summed E-state index contributed by atoms with van der Waals surface area (Å²) in [5.74, 6) is 0.644. The summed E-state index contributed by atoms with van der Waals surface area (Å²) < 4.78 is 0. The largest absolute Gasteiger partial charge is 0.352 e. The standard InChI is InChI=1S/C14H25N3O.2ClH/c15-13-3-1-2-10(13)8-14(18)16-11-6-7-17(9-11)12-4-5-12;;/h10-13H,1-9,15H2,(H,16,18);2*1H/t10-,11?,13+;;/m0../s1. The molecule has 3 N–H and O–H groups in total. The van der Waals surface area contributed by atoms with Crippen LogP contribution in [-0.4, -0.2) is 42.0 Å². The van der Waals surface area contributed by atoms with E-state index in [2.05, 4.69) is 10.2 Å². The van der Waals surface area contributed by atoms with Crippen LogP contribution in [0.1, 0.15) is 44.9 Å². The van der Waals surface area contributed by atoms with Gasteiger partial charge in [0.05, 0.1) is 0 Å². The second-order valence-corrected chi connectivity index (χ2v) is 6.34. The van der Waals surface area contributed by atoms with Crippen molar-refractivity contribution in [1.82, 2.24) is 10.2 Å². The predicted octanol–water partition coefficient (Wildman–Crippen LogP) is 1.70. The Morgan fingerprint density at radius 2 is 1.90 bits per heavy atom. The number of hydrogen-bond donors (Lipinski definition) is 2. The zero-order valence-corrected chi connectivity index (χ0v) is 13.6. The van der Waals surface area contributed by atoms with Crippen LogP contribution in [0.3, 0.4) is 0 Å². The third kappa shape index (κ3) is 4.48. The highest BCUT2D eigenvalue weighted by Crippen LogP contribution is 2.30. The van der Waals surface area contributed by atoms with E-state index in [9.17, 15) is 4.79 Å². The van der Waals surface area contributed by atoms with Crippen LogP contribution >= 0.6 is 24.8 Å². The summed E-state index contributed by atoms with van der Waals surface area (Å²) in [5.41, 5.74) is 6.02. The summed E-state index contributed by atoms with van der Waals surface area (Å²) in [7, 11) is 0. The molecule has 3 rings (SSSR count). The van der Waals surface area contributed by atoms with Crippen molar-refractivity contribution in [2.24, 2.45) is 11.7 Å². The molecule has 3 atom stereocenters. The van der Waals surface area contributed by atoms with Gasteiger partial charge in [-0.3, -0.25) is 9.69 Å². The number of nitrogens with zero attached hydrogens (tertiary/aromatic N) is 1. The minimum atomic E-state index is 0. The number of rotatable bonds is 4. The molecule has 1 aliphatic heterocycles. The van der Waals surface area contributed by atoms with Crippen molar-refractivity contribution < 1.29 is 4.79 Å². The monoisotopic (exact) mass is 323 g/mol. The van der Waals surface area contributed by atoms with Crippen LogP contribution < -0.4 is 11.1 Å². The van der Waals surface area contributed by atoms with Crippen molar-refractivity contribution in [3.05, 3.63) is 0 Å². The summed E-state index contributed by atoms with van der Waals surface area (Å²) in [5, 5.41) is 3.20. The van der Waals surface area contributed by atoms with Gasteiger partial charge in [-0.15, -0.1) is 24.8 Å². The first-order valence-corrected chi connectivity index (χ1v) is 7.51. The molecule has 0 bridgehead atoms. The molecular weight excluding hydrogens is 297 g/mol. The molecule has 3 aliphatic rings. The second kappa shape index (κ2) is 7.83. The highest BCUT2D eigenvalue weighted by molar-refractivity contribution is 5.85. The van der Waals surface area contributed by atoms with Crippen molar-refractivity contribution in [2.75, 3.05) is 13.1 Å². The van der Waals surface area contributed by atoms with E-state index in [0.29, 0.717) is 18.4 Å². The molecule has 0 spiro atoms. The van der Waals surface area contributed by atoms with E-state index >= 15 is 0 Å². The Morgan fingerprint density at radius 3 is 2.50 bits per heavy atom. The average molecular weight is 324 g/mol. The minimum Gasteiger partial charge on any atom is -0.352 e. The Balaban J connectivity index is 0.000001000. The van der Waals surface area contributed by atoms with Crippen molar-refractivity contribution in [3.8, 4) is 0 Å². The van der Waals surface area contributed by atoms with Crippen LogP contribution in [-0.2, 0) is 4.79 Å². The van der Waals surface area contributed by atoms with E-state index in [4.69, 9.17) is 5.73 Å². The highest BCUT2D eigenvalue weighted by Gasteiger charge is 2.35. The van der Waals surface area contributed by atoms with Crippen LogP contribution in [0.4, 0.5) is 0 Å². The third-order valence-corrected chi connectivity index (χ3v) is 4.81. The van der Waals surface area contributed by atoms with Gasteiger partial charge in [0.2, 0.25) is 5.91 Å². The smallest absolute Gasteiger partial charge is 0.220 e. The summed E-state index contributed by atoms with van der Waals surface area (Å²) >= 11 is 0. The Bertz CT molecular complexity index is 326. The fourth-order valence-electron chi connectivity index (χ4n) is 3.52. The van der Waals surface area contributed by atoms with Gasteiger partial charge in [-0.05, 0) is 38.0 Å². The lowest BCUT2D eigenvalue weighted by molar-refractivity contribution is -0.122. The molecule has 118 valence electrons. The zero-order chi connectivity index (χ0) is 12.5. The molecule has 6 heteroatoms. The van der Waals surface area contributed by atoms with E-state index in [-0.39, 0.29) is 36.8 Å². The van der Waals surface area contributed by atoms with Crippen molar-refractivity contribution in [1.29, 1.82) is 0 Å². The molecule has 1 heterocycles. The van der Waals surface area contributed by atoms with Crippen molar-refractivity contribution in [2.45, 2.75) is 63.1 Å². The Hall–Kier alpha value is -0.0300. The third-order valence-electron chi connectivity index (χ3n) is 4.81. The molecule has 0 aromatic heterocycles. The fraction of sp³-hybridized carbons (Fsp3) is 0.929. The number of nitrogens with two attached hydrogens (primary N) is 1. The maximum absolute atomic E-state index is 12.0. The van der Waals surface area contributed by atoms with Crippen LogP contribution in [0.15, 0.2) is 0 Å². The molecule has 1 unspecified atom stereocenters. The van der Waals surface area contributed by atoms with Gasteiger partial charge < -0.3 is 11.1 Å². The topological polar surface area (TPSA) is 58.4 Å². The van der Waals surface area contributed by atoms with Gasteiger partial charge >= 0.3 is 0 Å². The van der Waals surface area contributed by atoms with E-state index in [0.717, 1.165) is 31.8 Å². The summed E-state index contributed by atoms with van der Waals surface area (Å²) in [4.78, 5) is 14.5. The van der Waals surface area contributed by atoms with Gasteiger partial charge in [0.15, 0.2) is 0 Å². The van der Waals surface area contributed by atoms with E-state index in [1.165, 1.54) is 25.8 Å². The Labute approximate surface area is 134 Å². The number of likely N-dealkylation sites (tertiary alicyclic amines) is 1. The molecular formula is C14H27Cl2N3O. The first kappa shape index (κ1) is 18.0. The summed E-state index contributed by atoms with van der Waals surface area (Å²) in [6.07, 6.45) is 7.90.